The molecule has 1 N–H and O–H groups in total. The fraction of sp³-hybridized carbons (Fsp3) is 0.429. The summed E-state index contributed by atoms with van der Waals surface area (Å²) in [5.74, 6) is -0.429. The van der Waals surface area contributed by atoms with Crippen LogP contribution in [0, 0.1) is 5.82 Å². The van der Waals surface area contributed by atoms with E-state index in [0.717, 1.165) is 37.4 Å². The number of nitrogens with one attached hydrogen (secondary N) is 1. The molecule has 0 fully saturated rings. The Morgan fingerprint density at radius 1 is 1.30 bits per heavy atom. The van der Waals surface area contributed by atoms with Crippen molar-refractivity contribution in [2.45, 2.75) is 26.2 Å². The Balaban J connectivity index is 1.97. The Hall–Kier alpha value is -1.04. The van der Waals surface area contributed by atoms with Gasteiger partial charge in [-0.15, -0.1) is 10.2 Å². The van der Waals surface area contributed by atoms with Gasteiger partial charge in [-0.05, 0) is 38.1 Å². The van der Waals surface area contributed by atoms with Gasteiger partial charge in [0, 0.05) is 12.0 Å². The van der Waals surface area contributed by atoms with E-state index in [-0.39, 0.29) is 5.02 Å². The standard InChI is InChI=1S/C14H17ClFN3S/c1-2-8-17-9-4-7-12-18-19-14(20-12)10-5-3-6-11(15)13(10)16/h3,5-6,17H,2,4,7-9H2,1H3. The lowest BCUT2D eigenvalue weighted by Gasteiger charge is -2.00. The minimum Gasteiger partial charge on any atom is -0.317 e. The molecule has 0 unspecified atom stereocenters. The van der Waals surface area contributed by atoms with Gasteiger partial charge in [-0.2, -0.15) is 0 Å². The van der Waals surface area contributed by atoms with Gasteiger partial charge >= 0.3 is 0 Å². The summed E-state index contributed by atoms with van der Waals surface area (Å²) < 4.78 is 13.9. The average Bonchev–Trinajstić information content (AvgIpc) is 2.90. The Labute approximate surface area is 127 Å². The second-order valence-electron chi connectivity index (χ2n) is 4.46. The molecule has 108 valence electrons. The molecule has 1 heterocycles. The molecule has 20 heavy (non-hydrogen) atoms. The van der Waals surface area contributed by atoms with Crippen LogP contribution in [-0.4, -0.2) is 23.3 Å². The van der Waals surface area contributed by atoms with E-state index < -0.39 is 5.82 Å². The van der Waals surface area contributed by atoms with Crippen LogP contribution in [0.15, 0.2) is 18.2 Å². The molecule has 1 aromatic carbocycles. The highest BCUT2D eigenvalue weighted by Crippen LogP contribution is 2.29. The van der Waals surface area contributed by atoms with Gasteiger partial charge in [0.15, 0.2) is 10.8 Å². The van der Waals surface area contributed by atoms with Crippen LogP contribution < -0.4 is 5.32 Å². The maximum atomic E-state index is 13.9. The van der Waals surface area contributed by atoms with Crippen LogP contribution in [0.5, 0.6) is 0 Å². The zero-order valence-electron chi connectivity index (χ0n) is 11.3. The number of nitrogens with zero attached hydrogens (tertiary/aromatic N) is 2. The molecule has 6 heteroatoms. The molecule has 0 amide bonds. The maximum Gasteiger partial charge on any atom is 0.152 e. The summed E-state index contributed by atoms with van der Waals surface area (Å²) >= 11 is 7.20. The summed E-state index contributed by atoms with van der Waals surface area (Å²) in [6.45, 7) is 4.15. The molecule has 0 saturated carbocycles. The fourth-order valence-electron chi connectivity index (χ4n) is 1.80. The van der Waals surface area contributed by atoms with Gasteiger partial charge in [0.05, 0.1) is 5.02 Å². The first kappa shape index (κ1) is 15.4. The number of hydrogen-bond donors (Lipinski definition) is 1. The van der Waals surface area contributed by atoms with Crippen molar-refractivity contribution in [3.8, 4) is 10.6 Å². The summed E-state index contributed by atoms with van der Waals surface area (Å²) in [4.78, 5) is 0. The van der Waals surface area contributed by atoms with Crippen LogP contribution in [0.4, 0.5) is 4.39 Å². The van der Waals surface area contributed by atoms with Gasteiger partial charge in [0.1, 0.15) is 5.01 Å². The summed E-state index contributed by atoms with van der Waals surface area (Å²) in [5, 5.41) is 13.1. The summed E-state index contributed by atoms with van der Waals surface area (Å²) in [7, 11) is 0. The first-order valence-electron chi connectivity index (χ1n) is 6.70. The van der Waals surface area contributed by atoms with Gasteiger partial charge in [-0.25, -0.2) is 4.39 Å². The molecule has 2 rings (SSSR count). The first-order valence-corrected chi connectivity index (χ1v) is 7.89. The third-order valence-electron chi connectivity index (χ3n) is 2.82. The van der Waals surface area contributed by atoms with Crippen molar-refractivity contribution >= 4 is 22.9 Å². The minimum atomic E-state index is -0.429. The summed E-state index contributed by atoms with van der Waals surface area (Å²) in [5.41, 5.74) is 0.422. The molecular formula is C14H17ClFN3S. The summed E-state index contributed by atoms with van der Waals surface area (Å²) in [6, 6.07) is 4.92. The topological polar surface area (TPSA) is 37.8 Å². The molecule has 0 aliphatic heterocycles. The van der Waals surface area contributed by atoms with Crippen LogP contribution in [0.25, 0.3) is 10.6 Å². The maximum absolute atomic E-state index is 13.9. The quantitative estimate of drug-likeness (QED) is 0.787. The molecule has 0 aliphatic carbocycles. The van der Waals surface area contributed by atoms with Crippen LogP contribution in [0.1, 0.15) is 24.8 Å². The van der Waals surface area contributed by atoms with E-state index in [0.29, 0.717) is 10.6 Å². The molecular weight excluding hydrogens is 297 g/mol. The van der Waals surface area contributed by atoms with Crippen molar-refractivity contribution in [2.24, 2.45) is 0 Å². The number of benzene rings is 1. The van der Waals surface area contributed by atoms with Gasteiger partial charge in [0.25, 0.3) is 0 Å². The van der Waals surface area contributed by atoms with Crippen molar-refractivity contribution < 1.29 is 4.39 Å². The minimum absolute atomic E-state index is 0.114. The Kier molecular flexibility index (Phi) is 5.88. The van der Waals surface area contributed by atoms with E-state index in [2.05, 4.69) is 22.4 Å². The highest BCUT2D eigenvalue weighted by atomic mass is 35.5. The van der Waals surface area contributed by atoms with Gasteiger partial charge in [-0.1, -0.05) is 35.9 Å². The van der Waals surface area contributed by atoms with Crippen LogP contribution in [-0.2, 0) is 6.42 Å². The van der Waals surface area contributed by atoms with E-state index in [1.807, 2.05) is 0 Å². The Bertz CT molecular complexity index is 559. The van der Waals surface area contributed by atoms with Gasteiger partial charge in [-0.3, -0.25) is 0 Å². The van der Waals surface area contributed by atoms with Crippen molar-refractivity contribution in [3.63, 3.8) is 0 Å². The number of aromatic nitrogens is 2. The van der Waals surface area contributed by atoms with Crippen LogP contribution in [0.3, 0.4) is 0 Å². The Morgan fingerprint density at radius 3 is 2.95 bits per heavy atom. The largest absolute Gasteiger partial charge is 0.317 e. The lowest BCUT2D eigenvalue weighted by molar-refractivity contribution is 0.631. The Morgan fingerprint density at radius 2 is 2.15 bits per heavy atom. The smallest absolute Gasteiger partial charge is 0.152 e. The van der Waals surface area contributed by atoms with E-state index in [4.69, 9.17) is 11.6 Å². The molecule has 2 aromatic rings. The molecule has 0 bridgehead atoms. The SMILES string of the molecule is CCCNCCCc1nnc(-c2cccc(Cl)c2F)s1. The number of rotatable bonds is 7. The van der Waals surface area contributed by atoms with Gasteiger partial charge < -0.3 is 5.32 Å². The number of hydrogen-bond acceptors (Lipinski definition) is 4. The average molecular weight is 314 g/mol. The lowest BCUT2D eigenvalue weighted by Crippen LogP contribution is -2.16. The first-order chi connectivity index (χ1) is 9.72. The fourth-order valence-corrected chi connectivity index (χ4v) is 2.87. The van der Waals surface area contributed by atoms with E-state index in [1.165, 1.54) is 17.4 Å². The van der Waals surface area contributed by atoms with E-state index >= 15 is 0 Å². The normalized spacial score (nSPS) is 10.9. The van der Waals surface area contributed by atoms with Crippen LogP contribution >= 0.6 is 22.9 Å². The van der Waals surface area contributed by atoms with Crippen molar-refractivity contribution in [1.82, 2.24) is 15.5 Å². The van der Waals surface area contributed by atoms with E-state index in [9.17, 15) is 4.39 Å². The number of aryl methyl sites for hydroxylation is 1. The predicted molar refractivity (Wildman–Crippen MR) is 81.8 cm³/mol. The van der Waals surface area contributed by atoms with Crippen molar-refractivity contribution in [1.29, 1.82) is 0 Å². The second-order valence-corrected chi connectivity index (χ2v) is 5.93. The van der Waals surface area contributed by atoms with Crippen molar-refractivity contribution in [3.05, 3.63) is 34.0 Å². The molecule has 0 atom stereocenters. The predicted octanol–water partition coefficient (Wildman–Crippen LogP) is 3.93. The van der Waals surface area contributed by atoms with Gasteiger partial charge in [0.2, 0.25) is 0 Å². The summed E-state index contributed by atoms with van der Waals surface area (Å²) in [6.07, 6.45) is 3.00. The zero-order chi connectivity index (χ0) is 14.4. The monoisotopic (exact) mass is 313 g/mol. The van der Waals surface area contributed by atoms with E-state index in [1.54, 1.807) is 12.1 Å². The molecule has 0 spiro atoms. The highest BCUT2D eigenvalue weighted by molar-refractivity contribution is 7.14. The van der Waals surface area contributed by atoms with Crippen LogP contribution in [0.2, 0.25) is 5.02 Å². The second kappa shape index (κ2) is 7.67. The third kappa shape index (κ3) is 3.98. The zero-order valence-corrected chi connectivity index (χ0v) is 12.9. The van der Waals surface area contributed by atoms with Crippen molar-refractivity contribution in [2.75, 3.05) is 13.1 Å². The molecule has 0 saturated heterocycles. The molecule has 1 aromatic heterocycles. The lowest BCUT2D eigenvalue weighted by atomic mass is 10.2. The highest BCUT2D eigenvalue weighted by Gasteiger charge is 2.13. The third-order valence-corrected chi connectivity index (χ3v) is 4.13. The molecule has 3 nitrogen and oxygen atoms in total. The molecule has 0 aliphatic rings. The number of halogens is 2. The molecule has 0 radical (unpaired) electrons.